The molecule has 0 aliphatic carbocycles. The molecule has 2 atom stereocenters. The third-order valence-corrected chi connectivity index (χ3v) is 8.05. The minimum atomic E-state index is -0.427. The molecule has 1 aromatic heterocycles. The van der Waals surface area contributed by atoms with Gasteiger partial charge >= 0.3 is 154 Å². The molecule has 0 spiro atoms. The average Bonchev–Trinajstić information content (AvgIpc) is 3.07. The van der Waals surface area contributed by atoms with E-state index in [2.05, 4.69) is 19.5 Å². The Morgan fingerprint density at radius 1 is 1.42 bits per heavy atom. The fourth-order valence-electron chi connectivity index (χ4n) is 3.62. The summed E-state index contributed by atoms with van der Waals surface area (Å²) in [6.45, 7) is 7.71. The zero-order valence-corrected chi connectivity index (χ0v) is 16.5. The van der Waals surface area contributed by atoms with Crippen molar-refractivity contribution in [3.63, 3.8) is 0 Å². The molecule has 1 amide bonds. The summed E-state index contributed by atoms with van der Waals surface area (Å²) in [5.74, 6) is 1.04. The van der Waals surface area contributed by atoms with Gasteiger partial charge in [0.25, 0.3) is 0 Å². The molecule has 0 radical (unpaired) electrons. The zero-order chi connectivity index (χ0) is 16.9. The Hall–Kier alpha value is -1.25. The van der Waals surface area contributed by atoms with Crippen LogP contribution in [0.5, 0.6) is 0 Å². The van der Waals surface area contributed by atoms with Crippen LogP contribution in [0.1, 0.15) is 39.2 Å². The van der Waals surface area contributed by atoms with E-state index in [0.29, 0.717) is 4.05 Å². The van der Waals surface area contributed by atoms with Crippen LogP contribution in [-0.4, -0.2) is 44.8 Å². The summed E-state index contributed by atoms with van der Waals surface area (Å²) in [5.41, 5.74) is 2.25. The molecule has 2 saturated heterocycles. The Morgan fingerprint density at radius 2 is 2.25 bits per heavy atom. The van der Waals surface area contributed by atoms with Gasteiger partial charge in [-0.3, -0.25) is 0 Å². The number of halogens is 1. The van der Waals surface area contributed by atoms with E-state index in [0.717, 1.165) is 38.2 Å². The minimum absolute atomic E-state index is 0.129. The van der Waals surface area contributed by atoms with Crippen LogP contribution in [0, 0.1) is 0 Å². The van der Waals surface area contributed by atoms with Gasteiger partial charge in [0.1, 0.15) is 0 Å². The number of rotatable bonds is 1. The molecule has 0 saturated carbocycles. The van der Waals surface area contributed by atoms with Crippen molar-refractivity contribution in [3.05, 3.63) is 17.8 Å². The number of amides is 1. The molecule has 4 rings (SSSR count). The van der Waals surface area contributed by atoms with Gasteiger partial charge in [-0.2, -0.15) is 0 Å². The van der Waals surface area contributed by atoms with Crippen LogP contribution in [0.25, 0.3) is 0 Å². The molecule has 2 bridgehead atoms. The van der Waals surface area contributed by atoms with Gasteiger partial charge in [0.15, 0.2) is 0 Å². The van der Waals surface area contributed by atoms with Crippen LogP contribution in [0.15, 0.2) is 12.3 Å². The van der Waals surface area contributed by atoms with E-state index in [9.17, 15) is 4.79 Å². The maximum absolute atomic E-state index is 12.6. The number of hydrogen-bond acceptors (Lipinski definition) is 5. The summed E-state index contributed by atoms with van der Waals surface area (Å²) >= 11 is -0.276. The molecule has 3 aliphatic rings. The van der Waals surface area contributed by atoms with Gasteiger partial charge < -0.3 is 0 Å². The number of pyridine rings is 1. The van der Waals surface area contributed by atoms with Crippen molar-refractivity contribution in [2.24, 2.45) is 0 Å². The number of nitrogens with zero attached hydrogens (tertiary/aromatic N) is 3. The van der Waals surface area contributed by atoms with Crippen molar-refractivity contribution in [2.45, 2.75) is 55.7 Å². The summed E-state index contributed by atoms with van der Waals surface area (Å²) in [4.78, 5) is 19.1. The molecule has 6 nitrogen and oxygen atoms in total. The predicted molar refractivity (Wildman–Crippen MR) is 88.7 cm³/mol. The number of fused-ring (bicyclic) bond motifs is 3. The van der Waals surface area contributed by atoms with E-state index in [1.165, 1.54) is 11.3 Å². The topological polar surface area (TPSA) is 57.7 Å². The fraction of sp³-hybridized carbons (Fsp3) is 0.647. The van der Waals surface area contributed by atoms with Crippen LogP contribution in [-0.2, 0) is 11.2 Å². The normalized spacial score (nSPS) is 25.8. The molecule has 132 valence electrons. The van der Waals surface area contributed by atoms with Gasteiger partial charge in [-0.15, -0.1) is 0 Å². The quantitative estimate of drug-likeness (QED) is 0.277. The Balaban J connectivity index is 1.53. The molecule has 2 fully saturated rings. The van der Waals surface area contributed by atoms with E-state index in [4.69, 9.17) is 4.74 Å². The van der Waals surface area contributed by atoms with Gasteiger partial charge in [-0.25, -0.2) is 0 Å². The molecule has 24 heavy (non-hydrogen) atoms. The molecule has 1 N–H and O–H groups in total. The van der Waals surface area contributed by atoms with Crippen molar-refractivity contribution in [1.82, 2.24) is 9.88 Å². The van der Waals surface area contributed by atoms with Crippen LogP contribution < -0.4 is 29.9 Å². The Kier molecular flexibility index (Phi) is 4.01. The Labute approximate surface area is 153 Å². The van der Waals surface area contributed by atoms with Crippen molar-refractivity contribution >= 4 is 17.6 Å². The molecule has 4 heterocycles. The third kappa shape index (κ3) is 2.91. The van der Waals surface area contributed by atoms with Crippen LogP contribution in [0.3, 0.4) is 0 Å². The second-order valence-electron chi connectivity index (χ2n) is 7.53. The standard InChI is InChI=1S/C17H24IN4O2/c1-17(2,3)24-16(23)22-11-4-5-14(22)18-21(10-11)13-7-9-20-15-12(13)6-8-19-15/h7,9,11,14H,4-6,8,10H2,1-3H3,(H,19,20)/q-1. The summed E-state index contributed by atoms with van der Waals surface area (Å²) < 4.78 is 8.55. The number of nitrogens with one attached hydrogen (secondary N) is 1. The van der Waals surface area contributed by atoms with Gasteiger partial charge in [-0.05, 0) is 0 Å². The number of hydrogen-bond donors (Lipinski definition) is 1. The fourth-order valence-corrected chi connectivity index (χ4v) is 7.42. The zero-order valence-electron chi connectivity index (χ0n) is 14.4. The number of carbonyl (C=O) groups is 1. The SMILES string of the molecule is CC(C)(C)OC(=O)N1C2CCC1[I-]N(c1ccnc3c1CCN3)C2. The molecule has 2 unspecified atom stereocenters. The van der Waals surface area contributed by atoms with E-state index >= 15 is 0 Å². The second-order valence-corrected chi connectivity index (χ2v) is 10.7. The van der Waals surface area contributed by atoms with Crippen molar-refractivity contribution in [2.75, 3.05) is 21.5 Å². The number of aromatic nitrogens is 1. The number of ether oxygens (including phenoxy) is 1. The van der Waals surface area contributed by atoms with Gasteiger partial charge in [0.2, 0.25) is 0 Å². The first kappa shape index (κ1) is 16.2. The van der Waals surface area contributed by atoms with Crippen molar-refractivity contribution in [3.8, 4) is 0 Å². The van der Waals surface area contributed by atoms with E-state index in [1.54, 1.807) is 0 Å². The molecule has 1 aromatic rings. The first-order valence-electron chi connectivity index (χ1n) is 8.57. The summed E-state index contributed by atoms with van der Waals surface area (Å²) in [6, 6.07) is 2.42. The van der Waals surface area contributed by atoms with Crippen LogP contribution in [0.4, 0.5) is 16.3 Å². The third-order valence-electron chi connectivity index (χ3n) is 4.60. The Bertz CT molecular complexity index is 646. The van der Waals surface area contributed by atoms with Crippen LogP contribution in [0.2, 0.25) is 0 Å². The van der Waals surface area contributed by atoms with Gasteiger partial charge in [-0.1, -0.05) is 0 Å². The van der Waals surface area contributed by atoms with E-state index in [-0.39, 0.29) is 33.6 Å². The van der Waals surface area contributed by atoms with E-state index < -0.39 is 5.60 Å². The average molecular weight is 443 g/mol. The summed E-state index contributed by atoms with van der Waals surface area (Å²) in [5, 5.41) is 3.36. The number of carbonyl (C=O) groups excluding carboxylic acids is 1. The molecule has 3 aliphatic heterocycles. The maximum atomic E-state index is 12.6. The monoisotopic (exact) mass is 443 g/mol. The predicted octanol–water partition coefficient (Wildman–Crippen LogP) is -0.401. The number of alkyl halides is 1. The molecular weight excluding hydrogens is 419 g/mol. The first-order chi connectivity index (χ1) is 11.4. The Morgan fingerprint density at radius 3 is 3.00 bits per heavy atom. The second kappa shape index (κ2) is 5.93. The molecule has 7 heteroatoms. The van der Waals surface area contributed by atoms with Crippen molar-refractivity contribution < 1.29 is 31.0 Å². The van der Waals surface area contributed by atoms with Crippen LogP contribution >= 0.6 is 0 Å². The summed E-state index contributed by atoms with van der Waals surface area (Å²) in [6.07, 6.45) is 5.02. The number of anilines is 2. The molecule has 0 aromatic carbocycles. The van der Waals surface area contributed by atoms with Gasteiger partial charge in [0.05, 0.1) is 0 Å². The van der Waals surface area contributed by atoms with E-state index in [1.807, 2.05) is 31.9 Å². The summed E-state index contributed by atoms with van der Waals surface area (Å²) in [7, 11) is 0. The van der Waals surface area contributed by atoms with Crippen molar-refractivity contribution in [1.29, 1.82) is 0 Å². The molecular formula is C17H24IN4O2-. The first-order valence-corrected chi connectivity index (χ1v) is 10.8. The van der Waals surface area contributed by atoms with Gasteiger partial charge in [0, 0.05) is 0 Å².